The first-order valence-electron chi connectivity index (χ1n) is 7.14. The van der Waals surface area contributed by atoms with Crippen molar-refractivity contribution >= 4 is 33.2 Å². The van der Waals surface area contributed by atoms with Crippen molar-refractivity contribution in [3.05, 3.63) is 27.7 Å². The number of nitrogens with one attached hydrogen (secondary N) is 1. The molecule has 1 aliphatic heterocycles. The molecule has 0 bridgehead atoms. The highest BCUT2D eigenvalue weighted by molar-refractivity contribution is 9.10. The van der Waals surface area contributed by atoms with Gasteiger partial charge in [0.1, 0.15) is 0 Å². The van der Waals surface area contributed by atoms with Gasteiger partial charge in [0.25, 0.3) is 0 Å². The van der Waals surface area contributed by atoms with E-state index in [1.165, 1.54) is 37.8 Å². The van der Waals surface area contributed by atoms with E-state index in [-0.39, 0.29) is 0 Å². The molecule has 1 spiro atoms. The molecule has 0 atom stereocenters. The molecule has 0 amide bonds. The maximum Gasteiger partial charge on any atom is 0.0640 e. The summed E-state index contributed by atoms with van der Waals surface area (Å²) in [5, 5.41) is 4.63. The Balaban J connectivity index is 1.82. The van der Waals surface area contributed by atoms with Gasteiger partial charge >= 0.3 is 0 Å². The Morgan fingerprint density at radius 1 is 1.21 bits per heavy atom. The molecule has 2 aliphatic rings. The molecule has 4 heteroatoms. The quantitative estimate of drug-likeness (QED) is 0.821. The Bertz CT molecular complexity index is 452. The van der Waals surface area contributed by atoms with E-state index in [0.29, 0.717) is 5.54 Å². The summed E-state index contributed by atoms with van der Waals surface area (Å²) >= 11 is 9.92. The van der Waals surface area contributed by atoms with Gasteiger partial charge in [-0.3, -0.25) is 0 Å². The van der Waals surface area contributed by atoms with Gasteiger partial charge in [-0.15, -0.1) is 0 Å². The summed E-state index contributed by atoms with van der Waals surface area (Å²) in [7, 11) is 0. The number of hydrogen-bond donors (Lipinski definition) is 1. The monoisotopic (exact) mass is 342 g/mol. The fourth-order valence-corrected chi connectivity index (χ4v) is 4.04. The van der Waals surface area contributed by atoms with Crippen molar-refractivity contribution in [2.24, 2.45) is 0 Å². The lowest BCUT2D eigenvalue weighted by atomic mass is 9.80. The lowest BCUT2D eigenvalue weighted by Gasteiger charge is -2.47. The summed E-state index contributed by atoms with van der Waals surface area (Å²) in [5.41, 5.74) is 1.49. The molecule has 0 unspecified atom stereocenters. The molecule has 0 radical (unpaired) electrons. The highest BCUT2D eigenvalue weighted by Gasteiger charge is 2.36. The molecular weight excluding hydrogens is 324 g/mol. The Kier molecular flexibility index (Phi) is 4.06. The highest BCUT2D eigenvalue weighted by atomic mass is 79.9. The van der Waals surface area contributed by atoms with Gasteiger partial charge in [0, 0.05) is 29.6 Å². The van der Waals surface area contributed by atoms with Crippen LogP contribution in [-0.4, -0.2) is 25.2 Å². The Morgan fingerprint density at radius 2 is 2.00 bits per heavy atom. The molecule has 1 N–H and O–H groups in total. The van der Waals surface area contributed by atoms with Gasteiger partial charge in [0.05, 0.1) is 10.7 Å². The summed E-state index contributed by atoms with van der Waals surface area (Å²) in [6.07, 6.45) is 6.70. The number of hydrogen-bond acceptors (Lipinski definition) is 2. The topological polar surface area (TPSA) is 15.3 Å². The van der Waals surface area contributed by atoms with Crippen LogP contribution >= 0.6 is 27.5 Å². The second-order valence-corrected chi connectivity index (χ2v) is 7.11. The van der Waals surface area contributed by atoms with Crippen LogP contribution in [0.4, 0.5) is 5.69 Å². The first kappa shape index (κ1) is 13.7. The van der Waals surface area contributed by atoms with Crippen LogP contribution in [0.3, 0.4) is 0 Å². The molecule has 1 heterocycles. The molecule has 0 aromatic heterocycles. The van der Waals surface area contributed by atoms with Crippen LogP contribution in [0.2, 0.25) is 5.02 Å². The van der Waals surface area contributed by atoms with Gasteiger partial charge in [-0.25, -0.2) is 0 Å². The maximum absolute atomic E-state index is 6.37. The zero-order chi connectivity index (χ0) is 13.3. The molecular formula is C15H20BrClN2. The van der Waals surface area contributed by atoms with Gasteiger partial charge in [-0.2, -0.15) is 0 Å². The minimum atomic E-state index is 0.322. The minimum Gasteiger partial charge on any atom is -0.367 e. The molecule has 1 aliphatic carbocycles. The summed E-state index contributed by atoms with van der Waals surface area (Å²) in [4.78, 5) is 2.45. The Morgan fingerprint density at radius 3 is 2.79 bits per heavy atom. The molecule has 2 nitrogen and oxygen atoms in total. The number of anilines is 1. The van der Waals surface area contributed by atoms with Crippen LogP contribution in [-0.2, 0) is 0 Å². The number of halogens is 2. The van der Waals surface area contributed by atoms with Gasteiger partial charge in [-0.05, 0) is 31.0 Å². The fourth-order valence-electron chi connectivity index (χ4n) is 3.45. The normalized spacial score (nSPS) is 22.7. The fraction of sp³-hybridized carbons (Fsp3) is 0.600. The highest BCUT2D eigenvalue weighted by Crippen LogP contribution is 2.35. The zero-order valence-electron chi connectivity index (χ0n) is 11.1. The average molecular weight is 344 g/mol. The van der Waals surface area contributed by atoms with Crippen LogP contribution in [0.25, 0.3) is 0 Å². The first-order valence-corrected chi connectivity index (χ1v) is 8.31. The molecule has 3 rings (SSSR count). The smallest absolute Gasteiger partial charge is 0.0640 e. The van der Waals surface area contributed by atoms with E-state index in [2.05, 4.69) is 32.2 Å². The van der Waals surface area contributed by atoms with Gasteiger partial charge in [-0.1, -0.05) is 46.8 Å². The van der Waals surface area contributed by atoms with Crippen molar-refractivity contribution in [1.29, 1.82) is 0 Å². The van der Waals surface area contributed by atoms with E-state index in [0.717, 1.165) is 29.1 Å². The molecule has 1 saturated heterocycles. The van der Waals surface area contributed by atoms with Crippen molar-refractivity contribution in [3.8, 4) is 0 Å². The number of rotatable bonds is 1. The molecule has 104 valence electrons. The van der Waals surface area contributed by atoms with Crippen LogP contribution in [0.1, 0.15) is 32.1 Å². The molecule has 1 aromatic rings. The number of benzene rings is 1. The predicted octanol–water partition coefficient (Wildman–Crippen LogP) is 4.22. The van der Waals surface area contributed by atoms with E-state index < -0.39 is 0 Å². The maximum atomic E-state index is 6.37. The SMILES string of the molecule is Clc1ccc(Br)cc1N1CCNC2(CCCCC2)C1. The van der Waals surface area contributed by atoms with Gasteiger partial charge in [0.15, 0.2) is 0 Å². The second-order valence-electron chi connectivity index (χ2n) is 5.79. The minimum absolute atomic E-state index is 0.322. The zero-order valence-corrected chi connectivity index (χ0v) is 13.4. The summed E-state index contributed by atoms with van der Waals surface area (Å²) < 4.78 is 1.10. The Hall–Kier alpha value is -0.250. The first-order chi connectivity index (χ1) is 9.19. The molecule has 19 heavy (non-hydrogen) atoms. The average Bonchev–Trinajstić information content (AvgIpc) is 2.42. The van der Waals surface area contributed by atoms with Crippen LogP contribution in [0.15, 0.2) is 22.7 Å². The Labute approximate surface area is 128 Å². The lowest BCUT2D eigenvalue weighted by Crippen LogP contribution is -2.61. The van der Waals surface area contributed by atoms with Crippen molar-refractivity contribution in [3.63, 3.8) is 0 Å². The van der Waals surface area contributed by atoms with E-state index in [9.17, 15) is 0 Å². The standard InChI is InChI=1S/C15H20BrClN2/c16-12-4-5-13(17)14(10-12)19-9-8-18-15(11-19)6-2-1-3-7-15/h4-5,10,18H,1-3,6-9,11H2. The predicted molar refractivity (Wildman–Crippen MR) is 85.2 cm³/mol. The van der Waals surface area contributed by atoms with E-state index in [1.807, 2.05) is 12.1 Å². The molecule has 2 fully saturated rings. The van der Waals surface area contributed by atoms with E-state index >= 15 is 0 Å². The van der Waals surface area contributed by atoms with Crippen molar-refractivity contribution in [2.75, 3.05) is 24.5 Å². The largest absolute Gasteiger partial charge is 0.367 e. The van der Waals surface area contributed by atoms with Crippen molar-refractivity contribution < 1.29 is 0 Å². The third kappa shape index (κ3) is 2.93. The summed E-state index contributed by atoms with van der Waals surface area (Å²) in [5.74, 6) is 0. The van der Waals surface area contributed by atoms with E-state index in [1.54, 1.807) is 0 Å². The molecule has 1 aromatic carbocycles. The van der Waals surface area contributed by atoms with Gasteiger partial charge < -0.3 is 10.2 Å². The van der Waals surface area contributed by atoms with Gasteiger partial charge in [0.2, 0.25) is 0 Å². The molecule has 1 saturated carbocycles. The third-order valence-electron chi connectivity index (χ3n) is 4.43. The van der Waals surface area contributed by atoms with E-state index in [4.69, 9.17) is 11.6 Å². The summed E-state index contributed by atoms with van der Waals surface area (Å²) in [6.45, 7) is 3.18. The number of nitrogens with zero attached hydrogens (tertiary/aromatic N) is 1. The van der Waals surface area contributed by atoms with Crippen molar-refractivity contribution in [1.82, 2.24) is 5.32 Å². The van der Waals surface area contributed by atoms with Crippen LogP contribution in [0.5, 0.6) is 0 Å². The van der Waals surface area contributed by atoms with Crippen LogP contribution < -0.4 is 10.2 Å². The second kappa shape index (κ2) is 5.63. The van der Waals surface area contributed by atoms with Crippen molar-refractivity contribution in [2.45, 2.75) is 37.6 Å². The third-order valence-corrected chi connectivity index (χ3v) is 5.25. The summed E-state index contributed by atoms with van der Waals surface area (Å²) in [6, 6.07) is 6.13. The lowest BCUT2D eigenvalue weighted by molar-refractivity contribution is 0.216. The number of piperazine rings is 1. The van der Waals surface area contributed by atoms with Crippen LogP contribution in [0, 0.1) is 0 Å².